The van der Waals surface area contributed by atoms with Crippen LogP contribution < -0.4 is 21.7 Å². The van der Waals surface area contributed by atoms with Crippen molar-refractivity contribution in [3.63, 3.8) is 0 Å². The molecule has 0 aliphatic rings. The van der Waals surface area contributed by atoms with Crippen LogP contribution in [0.3, 0.4) is 0 Å². The lowest BCUT2D eigenvalue weighted by atomic mass is 10.0. The predicted molar refractivity (Wildman–Crippen MR) is 108 cm³/mol. The molecule has 0 aromatic heterocycles. The Morgan fingerprint density at radius 1 is 0.966 bits per heavy atom. The van der Waals surface area contributed by atoms with E-state index in [0.717, 1.165) is 5.56 Å². The summed E-state index contributed by atoms with van der Waals surface area (Å²) in [5.74, 6) is -2.72. The fourth-order valence-corrected chi connectivity index (χ4v) is 2.63. The van der Waals surface area contributed by atoms with Crippen molar-refractivity contribution < 1.29 is 24.3 Å². The molecule has 0 spiro atoms. The number of carbonyl (C=O) groups is 4. The minimum atomic E-state index is -1.18. The highest BCUT2D eigenvalue weighted by Crippen LogP contribution is 2.06. The van der Waals surface area contributed by atoms with E-state index in [1.165, 1.54) is 6.92 Å². The number of hydrogen-bond donors (Lipinski definition) is 5. The van der Waals surface area contributed by atoms with Crippen LogP contribution in [0, 0.1) is 5.92 Å². The summed E-state index contributed by atoms with van der Waals surface area (Å²) in [6, 6.07) is 6.64. The zero-order valence-electron chi connectivity index (χ0n) is 17.0. The normalized spacial score (nSPS) is 13.8. The third kappa shape index (κ3) is 9.20. The zero-order valence-corrected chi connectivity index (χ0v) is 17.0. The molecule has 160 valence electrons. The van der Waals surface area contributed by atoms with Gasteiger partial charge < -0.3 is 26.8 Å². The third-order valence-electron chi connectivity index (χ3n) is 4.14. The number of carboxylic acid groups (broad SMARTS) is 1. The van der Waals surface area contributed by atoms with Crippen LogP contribution in [0.5, 0.6) is 0 Å². The molecule has 0 aliphatic heterocycles. The first-order chi connectivity index (χ1) is 13.6. The van der Waals surface area contributed by atoms with E-state index in [1.54, 1.807) is 0 Å². The Hall–Kier alpha value is -2.94. The molecule has 6 N–H and O–H groups in total. The minimum absolute atomic E-state index is 0.0834. The summed E-state index contributed by atoms with van der Waals surface area (Å²) < 4.78 is 0. The first-order valence-electron chi connectivity index (χ1n) is 9.49. The molecule has 1 aromatic rings. The standard InChI is InChI=1S/C20H30N4O5/c1-12(2)9-16(20(29)22-11-17(25)26)24-18(27)13(3)23-19(28)15(21)10-14-7-5-4-6-8-14/h4-8,12-13,15-16H,9-11,21H2,1-3H3,(H,22,29)(H,23,28)(H,24,27)(H,25,26). The fraction of sp³-hybridized carbons (Fsp3) is 0.500. The highest BCUT2D eigenvalue weighted by atomic mass is 16.4. The van der Waals surface area contributed by atoms with Crippen LogP contribution in [0.25, 0.3) is 0 Å². The molecule has 0 saturated heterocycles. The summed E-state index contributed by atoms with van der Waals surface area (Å²) in [6.07, 6.45) is 0.653. The summed E-state index contributed by atoms with van der Waals surface area (Å²) in [5, 5.41) is 16.1. The molecular formula is C20H30N4O5. The molecule has 1 aromatic carbocycles. The Labute approximate surface area is 170 Å². The number of nitrogens with two attached hydrogens (primary N) is 1. The molecule has 0 radical (unpaired) electrons. The first kappa shape index (κ1) is 24.1. The van der Waals surface area contributed by atoms with Crippen molar-refractivity contribution in [3.05, 3.63) is 35.9 Å². The number of carbonyl (C=O) groups excluding carboxylic acids is 3. The molecule has 3 amide bonds. The number of hydrogen-bond acceptors (Lipinski definition) is 5. The van der Waals surface area contributed by atoms with Crippen LogP contribution in [0.15, 0.2) is 30.3 Å². The highest BCUT2D eigenvalue weighted by molar-refractivity contribution is 5.93. The monoisotopic (exact) mass is 406 g/mol. The quantitative estimate of drug-likeness (QED) is 0.343. The zero-order chi connectivity index (χ0) is 22.0. The average molecular weight is 406 g/mol. The van der Waals surface area contributed by atoms with Gasteiger partial charge in [0.2, 0.25) is 17.7 Å². The fourth-order valence-electron chi connectivity index (χ4n) is 2.63. The van der Waals surface area contributed by atoms with Gasteiger partial charge in [-0.15, -0.1) is 0 Å². The minimum Gasteiger partial charge on any atom is -0.480 e. The van der Waals surface area contributed by atoms with Crippen LogP contribution in [-0.2, 0) is 25.6 Å². The molecule has 0 heterocycles. The maximum atomic E-state index is 12.4. The Balaban J connectivity index is 2.62. The maximum Gasteiger partial charge on any atom is 0.322 e. The van der Waals surface area contributed by atoms with Crippen LogP contribution in [0.2, 0.25) is 0 Å². The maximum absolute atomic E-state index is 12.4. The van der Waals surface area contributed by atoms with Gasteiger partial charge in [0.25, 0.3) is 0 Å². The van der Waals surface area contributed by atoms with Crippen molar-refractivity contribution in [2.45, 2.75) is 51.7 Å². The Bertz CT molecular complexity index is 708. The molecule has 0 bridgehead atoms. The van der Waals surface area contributed by atoms with Gasteiger partial charge in [-0.2, -0.15) is 0 Å². The van der Waals surface area contributed by atoms with Crippen molar-refractivity contribution in [1.82, 2.24) is 16.0 Å². The van der Waals surface area contributed by atoms with Gasteiger partial charge in [0.05, 0.1) is 6.04 Å². The number of carboxylic acids is 1. The summed E-state index contributed by atoms with van der Waals surface area (Å²) in [4.78, 5) is 47.5. The van der Waals surface area contributed by atoms with Crippen molar-refractivity contribution in [1.29, 1.82) is 0 Å². The second kappa shape index (κ2) is 11.8. The van der Waals surface area contributed by atoms with Crippen molar-refractivity contribution >= 4 is 23.7 Å². The van der Waals surface area contributed by atoms with Crippen LogP contribution in [0.1, 0.15) is 32.8 Å². The molecule has 1 rings (SSSR count). The summed E-state index contributed by atoms with van der Waals surface area (Å²) in [5.41, 5.74) is 6.82. The van der Waals surface area contributed by atoms with E-state index in [2.05, 4.69) is 16.0 Å². The van der Waals surface area contributed by atoms with E-state index in [9.17, 15) is 19.2 Å². The average Bonchev–Trinajstić information content (AvgIpc) is 2.65. The first-order valence-corrected chi connectivity index (χ1v) is 9.49. The number of benzene rings is 1. The molecule has 9 heteroatoms. The number of nitrogens with one attached hydrogen (secondary N) is 3. The van der Waals surface area contributed by atoms with Gasteiger partial charge in [-0.1, -0.05) is 44.2 Å². The van der Waals surface area contributed by atoms with E-state index in [0.29, 0.717) is 12.8 Å². The van der Waals surface area contributed by atoms with Gasteiger partial charge in [-0.3, -0.25) is 19.2 Å². The van der Waals surface area contributed by atoms with Gasteiger partial charge in [-0.25, -0.2) is 0 Å². The molecule has 0 saturated carbocycles. The van der Waals surface area contributed by atoms with Crippen LogP contribution >= 0.6 is 0 Å². The summed E-state index contributed by atoms with van der Waals surface area (Å²) in [6.45, 7) is 4.70. The molecule has 3 unspecified atom stereocenters. The Kier molecular flexibility index (Phi) is 9.81. The molecule has 3 atom stereocenters. The van der Waals surface area contributed by atoms with Crippen molar-refractivity contribution in [2.24, 2.45) is 11.7 Å². The number of aliphatic carboxylic acids is 1. The van der Waals surface area contributed by atoms with Crippen LogP contribution in [0.4, 0.5) is 0 Å². The van der Waals surface area contributed by atoms with Gasteiger partial charge in [0.1, 0.15) is 18.6 Å². The Morgan fingerprint density at radius 3 is 2.14 bits per heavy atom. The molecule has 0 fully saturated rings. The summed E-state index contributed by atoms with van der Waals surface area (Å²) in [7, 11) is 0. The smallest absolute Gasteiger partial charge is 0.322 e. The lowest BCUT2D eigenvalue weighted by Crippen LogP contribution is -2.55. The van der Waals surface area contributed by atoms with Gasteiger partial charge in [0, 0.05) is 0 Å². The Morgan fingerprint density at radius 2 is 1.59 bits per heavy atom. The number of rotatable bonds is 11. The predicted octanol–water partition coefficient (Wildman–Crippen LogP) is -0.207. The van der Waals surface area contributed by atoms with E-state index in [4.69, 9.17) is 10.8 Å². The summed E-state index contributed by atoms with van der Waals surface area (Å²) >= 11 is 0. The highest BCUT2D eigenvalue weighted by Gasteiger charge is 2.26. The third-order valence-corrected chi connectivity index (χ3v) is 4.14. The van der Waals surface area contributed by atoms with E-state index < -0.39 is 48.4 Å². The van der Waals surface area contributed by atoms with E-state index in [-0.39, 0.29) is 5.92 Å². The van der Waals surface area contributed by atoms with Gasteiger partial charge >= 0.3 is 5.97 Å². The SMILES string of the molecule is CC(C)CC(NC(=O)C(C)NC(=O)C(N)Cc1ccccc1)C(=O)NCC(=O)O. The molecule has 29 heavy (non-hydrogen) atoms. The lowest BCUT2D eigenvalue weighted by molar-refractivity contribution is -0.138. The van der Waals surface area contributed by atoms with Gasteiger partial charge in [0.15, 0.2) is 0 Å². The topological polar surface area (TPSA) is 151 Å². The largest absolute Gasteiger partial charge is 0.480 e. The molecule has 9 nitrogen and oxygen atoms in total. The molecule has 0 aliphatic carbocycles. The second-order valence-corrected chi connectivity index (χ2v) is 7.33. The molecular weight excluding hydrogens is 376 g/mol. The number of amides is 3. The second-order valence-electron chi connectivity index (χ2n) is 7.33. The van der Waals surface area contributed by atoms with Gasteiger partial charge in [-0.05, 0) is 31.2 Å². The van der Waals surface area contributed by atoms with Crippen molar-refractivity contribution in [3.8, 4) is 0 Å². The van der Waals surface area contributed by atoms with Crippen LogP contribution in [-0.4, -0.2) is 53.5 Å². The van der Waals surface area contributed by atoms with E-state index in [1.807, 2.05) is 44.2 Å². The van der Waals surface area contributed by atoms with Crippen molar-refractivity contribution in [2.75, 3.05) is 6.54 Å². The lowest BCUT2D eigenvalue weighted by Gasteiger charge is -2.23. The van der Waals surface area contributed by atoms with E-state index >= 15 is 0 Å².